The molecule has 0 radical (unpaired) electrons. The molecule has 3 aromatic heterocycles. The Morgan fingerprint density at radius 2 is 1.76 bits per heavy atom. The number of rotatable bonds is 8. The maximum absolute atomic E-state index is 14.6. The third kappa shape index (κ3) is 6.24. The fraction of sp³-hybridized carbons (Fsp3) is 0.500. The van der Waals surface area contributed by atoms with Crippen LogP contribution in [0.5, 0.6) is 5.75 Å². The van der Waals surface area contributed by atoms with Gasteiger partial charge in [-0.15, -0.1) is 0 Å². The number of aliphatic carboxylic acids is 1. The van der Waals surface area contributed by atoms with E-state index in [0.29, 0.717) is 61.4 Å². The number of hydrogen-bond acceptors (Lipinski definition) is 8. The predicted molar refractivity (Wildman–Crippen MR) is 177 cm³/mol. The van der Waals surface area contributed by atoms with E-state index in [1.807, 2.05) is 22.5 Å². The summed E-state index contributed by atoms with van der Waals surface area (Å²) in [5.74, 6) is -1.99. The number of aromatic nitrogens is 5. The zero-order chi connectivity index (χ0) is 35.7. The van der Waals surface area contributed by atoms with E-state index < -0.39 is 40.7 Å². The topological polar surface area (TPSA) is 135 Å². The van der Waals surface area contributed by atoms with Crippen LogP contribution in [0.1, 0.15) is 80.4 Å². The highest BCUT2D eigenvalue weighted by atomic mass is 19.4. The number of alkyl halides is 3. The van der Waals surface area contributed by atoms with Crippen molar-refractivity contribution in [1.82, 2.24) is 29.8 Å². The molecular weight excluding hydrogens is 670 g/mol. The van der Waals surface area contributed by atoms with Gasteiger partial charge in [-0.25, -0.2) is 29.1 Å². The molecule has 51 heavy (non-hydrogen) atoms. The van der Waals surface area contributed by atoms with Gasteiger partial charge in [0.25, 0.3) is 5.91 Å². The number of amides is 1. The number of fused-ring (bicyclic) bond motifs is 3. The fourth-order valence-electron chi connectivity index (χ4n) is 8.54. The lowest BCUT2D eigenvalue weighted by Crippen LogP contribution is -2.57. The van der Waals surface area contributed by atoms with Crippen molar-refractivity contribution in [2.24, 2.45) is 17.8 Å². The summed E-state index contributed by atoms with van der Waals surface area (Å²) >= 11 is 0. The first-order valence-electron chi connectivity index (χ1n) is 17.4. The van der Waals surface area contributed by atoms with Crippen molar-refractivity contribution in [3.63, 3.8) is 0 Å². The van der Waals surface area contributed by atoms with Crippen LogP contribution < -0.4 is 15.0 Å². The standard InChI is InChI=1S/C36H37F4N7O4/c1-19-10-20-12-21(11-19)35(14-20,33(49)50)45-32(48)27-17-41-31(44-30(27)36(38,39)40)28-18-47(23-2-3-23)29-13-25(4-5-26(28)29)51-24-6-8-46(9-7-24)34-42-15-22(37)16-43-34/h4-5,13,15-21,23-24H,2-3,6-12,14H2,1H3,(H,45,48)(H,49,50). The highest BCUT2D eigenvalue weighted by Gasteiger charge is 2.56. The lowest BCUT2D eigenvalue weighted by molar-refractivity contribution is -0.146. The number of nitrogens with one attached hydrogen (secondary N) is 1. The van der Waals surface area contributed by atoms with Gasteiger partial charge in [-0.2, -0.15) is 13.2 Å². The first kappa shape index (κ1) is 33.3. The average molecular weight is 708 g/mol. The zero-order valence-corrected chi connectivity index (χ0v) is 27.9. The molecule has 1 aliphatic heterocycles. The third-order valence-corrected chi connectivity index (χ3v) is 11.0. The van der Waals surface area contributed by atoms with Crippen LogP contribution in [-0.4, -0.2) is 66.2 Å². The van der Waals surface area contributed by atoms with Crippen LogP contribution in [0.15, 0.2) is 43.0 Å². The Morgan fingerprint density at radius 1 is 1.02 bits per heavy atom. The van der Waals surface area contributed by atoms with Crippen molar-refractivity contribution in [3.8, 4) is 17.1 Å². The molecule has 4 aliphatic rings. The average Bonchev–Trinajstić information content (AvgIpc) is 3.82. The van der Waals surface area contributed by atoms with E-state index in [4.69, 9.17) is 4.74 Å². The number of carboxylic acids is 1. The summed E-state index contributed by atoms with van der Waals surface area (Å²) in [6, 6.07) is 5.61. The molecular formula is C36H37F4N7O4. The number of halogens is 4. The summed E-state index contributed by atoms with van der Waals surface area (Å²) in [5.41, 5.74) is -2.70. The molecule has 3 aliphatic carbocycles. The van der Waals surface area contributed by atoms with Crippen molar-refractivity contribution in [2.45, 2.75) is 82.2 Å². The van der Waals surface area contributed by atoms with Gasteiger partial charge in [-0.1, -0.05) is 6.92 Å². The van der Waals surface area contributed by atoms with Crippen molar-refractivity contribution in [2.75, 3.05) is 18.0 Å². The summed E-state index contributed by atoms with van der Waals surface area (Å²) in [4.78, 5) is 44.4. The van der Waals surface area contributed by atoms with E-state index in [1.54, 1.807) is 18.3 Å². The Balaban J connectivity index is 1.06. The van der Waals surface area contributed by atoms with Gasteiger partial charge in [-0.3, -0.25) is 4.79 Å². The number of carbonyl (C=O) groups excluding carboxylic acids is 1. The summed E-state index contributed by atoms with van der Waals surface area (Å²) in [6.07, 6.45) is 5.20. The molecule has 4 fully saturated rings. The van der Waals surface area contributed by atoms with Crippen LogP contribution >= 0.6 is 0 Å². The molecule has 0 spiro atoms. The SMILES string of the molecule is CC1CC2CC(C1)C(NC(=O)c1cnc(-c3cn(C4CC4)c4cc(OC5CCN(c6ncc(F)cn6)CC5)ccc34)nc1C(F)(F)F)(C(=O)O)C2. The molecule has 3 saturated carbocycles. The Hall–Kier alpha value is -4.82. The fourth-order valence-corrected chi connectivity index (χ4v) is 8.54. The van der Waals surface area contributed by atoms with Crippen molar-refractivity contribution >= 4 is 28.7 Å². The number of carbonyl (C=O) groups is 2. The van der Waals surface area contributed by atoms with E-state index in [0.717, 1.165) is 43.4 Å². The molecule has 1 aromatic carbocycles. The lowest BCUT2D eigenvalue weighted by atomic mass is 9.78. The van der Waals surface area contributed by atoms with Gasteiger partial charge >= 0.3 is 12.1 Å². The minimum Gasteiger partial charge on any atom is -0.490 e. The quantitative estimate of drug-likeness (QED) is 0.199. The Kier molecular flexibility index (Phi) is 8.13. The number of piperidine rings is 1. The van der Waals surface area contributed by atoms with Crippen LogP contribution in [0.3, 0.4) is 0 Å². The molecule has 4 unspecified atom stereocenters. The molecule has 1 saturated heterocycles. The second-order valence-corrected chi connectivity index (χ2v) is 14.6. The number of anilines is 1. The number of benzene rings is 1. The van der Waals surface area contributed by atoms with E-state index in [9.17, 15) is 32.3 Å². The zero-order valence-electron chi connectivity index (χ0n) is 27.9. The lowest BCUT2D eigenvalue weighted by Gasteiger charge is -2.33. The number of nitrogens with zero attached hydrogens (tertiary/aromatic N) is 6. The van der Waals surface area contributed by atoms with Crippen molar-refractivity contribution in [1.29, 1.82) is 0 Å². The van der Waals surface area contributed by atoms with Gasteiger partial charge in [0, 0.05) is 61.4 Å². The van der Waals surface area contributed by atoms with Crippen LogP contribution in [0.2, 0.25) is 0 Å². The van der Waals surface area contributed by atoms with E-state index in [-0.39, 0.29) is 42.1 Å². The minimum atomic E-state index is -5.00. The van der Waals surface area contributed by atoms with Gasteiger partial charge in [0.15, 0.2) is 17.3 Å². The van der Waals surface area contributed by atoms with Gasteiger partial charge in [0.1, 0.15) is 17.4 Å². The number of carboxylic acid groups (broad SMARTS) is 1. The van der Waals surface area contributed by atoms with Gasteiger partial charge in [0.05, 0.1) is 23.5 Å². The minimum absolute atomic E-state index is 0.0847. The maximum Gasteiger partial charge on any atom is 0.434 e. The molecule has 4 atom stereocenters. The van der Waals surface area contributed by atoms with Gasteiger partial charge in [-0.05, 0) is 68.4 Å². The highest BCUT2D eigenvalue weighted by Crippen LogP contribution is 2.51. The highest BCUT2D eigenvalue weighted by molar-refractivity contribution is 6.00. The van der Waals surface area contributed by atoms with Crippen molar-refractivity contribution < 1.29 is 37.0 Å². The summed E-state index contributed by atoms with van der Waals surface area (Å²) in [5, 5.41) is 13.4. The second kappa shape index (κ2) is 12.4. The van der Waals surface area contributed by atoms with Crippen LogP contribution in [0.4, 0.5) is 23.5 Å². The van der Waals surface area contributed by atoms with E-state index >= 15 is 0 Å². The maximum atomic E-state index is 14.6. The molecule has 4 heterocycles. The molecule has 11 nitrogen and oxygen atoms in total. The molecule has 15 heteroatoms. The monoisotopic (exact) mass is 707 g/mol. The molecule has 2 N–H and O–H groups in total. The first-order valence-corrected chi connectivity index (χ1v) is 17.4. The molecule has 4 aromatic rings. The first-order chi connectivity index (χ1) is 24.4. The molecule has 8 rings (SSSR count). The normalized spacial score (nSPS) is 25.3. The van der Waals surface area contributed by atoms with Crippen molar-refractivity contribution in [3.05, 3.63) is 60.1 Å². The summed E-state index contributed by atoms with van der Waals surface area (Å²) < 4.78 is 65.3. The largest absolute Gasteiger partial charge is 0.490 e. The third-order valence-electron chi connectivity index (χ3n) is 11.0. The van der Waals surface area contributed by atoms with E-state index in [1.165, 1.54) is 0 Å². The Morgan fingerprint density at radius 3 is 2.45 bits per heavy atom. The van der Waals surface area contributed by atoms with Crippen LogP contribution in [-0.2, 0) is 11.0 Å². The van der Waals surface area contributed by atoms with Gasteiger partial charge in [0.2, 0.25) is 5.95 Å². The predicted octanol–water partition coefficient (Wildman–Crippen LogP) is 6.44. The Bertz CT molecular complexity index is 1990. The molecule has 268 valence electrons. The Labute approximate surface area is 290 Å². The molecule has 2 bridgehead atoms. The smallest absolute Gasteiger partial charge is 0.434 e. The molecule has 1 amide bonds. The summed E-state index contributed by atoms with van der Waals surface area (Å²) in [6.45, 7) is 3.29. The summed E-state index contributed by atoms with van der Waals surface area (Å²) in [7, 11) is 0. The number of hydrogen-bond donors (Lipinski definition) is 2. The van der Waals surface area contributed by atoms with E-state index in [2.05, 4.69) is 25.3 Å². The van der Waals surface area contributed by atoms with Crippen LogP contribution in [0, 0.1) is 23.6 Å². The van der Waals surface area contributed by atoms with Gasteiger partial charge < -0.3 is 24.6 Å². The second-order valence-electron chi connectivity index (χ2n) is 14.6. The number of ether oxygens (including phenoxy) is 1. The van der Waals surface area contributed by atoms with Crippen LogP contribution in [0.25, 0.3) is 22.3 Å².